The highest BCUT2D eigenvalue weighted by Crippen LogP contribution is 2.34. The van der Waals surface area contributed by atoms with Gasteiger partial charge in [-0.15, -0.1) is 0 Å². The molecule has 2 rings (SSSR count). The van der Waals surface area contributed by atoms with Gasteiger partial charge in [0.1, 0.15) is 0 Å². The van der Waals surface area contributed by atoms with Gasteiger partial charge in [-0.1, -0.05) is 13.3 Å². The zero-order valence-corrected chi connectivity index (χ0v) is 11.6. The number of likely N-dealkylation sites (tertiary alicyclic amines) is 1. The summed E-state index contributed by atoms with van der Waals surface area (Å²) in [6.45, 7) is 7.57. The number of nitrogens with zero attached hydrogens (tertiary/aromatic N) is 2. The molecule has 0 bridgehead atoms. The maximum atomic E-state index is 9.71. The molecule has 0 amide bonds. The molecule has 1 aromatic rings. The van der Waals surface area contributed by atoms with Crippen molar-refractivity contribution in [3.63, 3.8) is 0 Å². The Bertz CT molecular complexity index is 373. The van der Waals surface area contributed by atoms with Crippen LogP contribution in [0.15, 0.2) is 6.07 Å². The van der Waals surface area contributed by atoms with E-state index in [1.54, 1.807) is 0 Å². The van der Waals surface area contributed by atoms with Gasteiger partial charge in [-0.25, -0.2) is 0 Å². The van der Waals surface area contributed by atoms with Gasteiger partial charge < -0.3 is 5.11 Å². The lowest BCUT2D eigenvalue weighted by Gasteiger charge is -2.41. The molecule has 1 aromatic heterocycles. The first-order valence-corrected chi connectivity index (χ1v) is 7.01. The Kier molecular flexibility index (Phi) is 4.40. The van der Waals surface area contributed by atoms with Crippen LogP contribution in [0.25, 0.3) is 0 Å². The maximum absolute atomic E-state index is 9.71. The topological polar surface area (TPSA) is 52.1 Å². The Morgan fingerprint density at radius 1 is 1.56 bits per heavy atom. The molecule has 1 aliphatic heterocycles. The van der Waals surface area contributed by atoms with E-state index in [1.165, 1.54) is 6.42 Å². The lowest BCUT2D eigenvalue weighted by molar-refractivity contribution is 0.0211. The summed E-state index contributed by atoms with van der Waals surface area (Å²) in [5, 5.41) is 17.0. The number of hydrogen-bond acceptors (Lipinski definition) is 3. The molecule has 0 aliphatic carbocycles. The van der Waals surface area contributed by atoms with Gasteiger partial charge in [0.15, 0.2) is 0 Å². The predicted molar refractivity (Wildman–Crippen MR) is 72.3 cm³/mol. The Morgan fingerprint density at radius 2 is 2.39 bits per heavy atom. The van der Waals surface area contributed by atoms with Crippen molar-refractivity contribution >= 4 is 0 Å². The van der Waals surface area contributed by atoms with Crippen LogP contribution < -0.4 is 0 Å². The number of aryl methyl sites for hydroxylation is 1. The Labute approximate surface area is 109 Å². The molecule has 4 heteroatoms. The zero-order valence-electron chi connectivity index (χ0n) is 11.6. The third kappa shape index (κ3) is 3.12. The Morgan fingerprint density at radius 3 is 3.00 bits per heavy atom. The van der Waals surface area contributed by atoms with Crippen molar-refractivity contribution in [1.82, 2.24) is 15.1 Å². The van der Waals surface area contributed by atoms with Gasteiger partial charge in [0.25, 0.3) is 0 Å². The van der Waals surface area contributed by atoms with Gasteiger partial charge in [0, 0.05) is 30.8 Å². The fourth-order valence-electron chi connectivity index (χ4n) is 3.17. The fourth-order valence-corrected chi connectivity index (χ4v) is 3.17. The summed E-state index contributed by atoms with van der Waals surface area (Å²) in [6, 6.07) is 2.11. The van der Waals surface area contributed by atoms with Crippen LogP contribution in [0.2, 0.25) is 0 Å². The second-order valence-electron chi connectivity index (χ2n) is 5.76. The van der Waals surface area contributed by atoms with E-state index in [0.29, 0.717) is 6.61 Å². The van der Waals surface area contributed by atoms with Crippen molar-refractivity contribution in [3.05, 3.63) is 17.5 Å². The summed E-state index contributed by atoms with van der Waals surface area (Å²) in [6.07, 6.45) is 4.62. The first-order valence-electron chi connectivity index (χ1n) is 7.01. The van der Waals surface area contributed by atoms with Crippen molar-refractivity contribution in [3.8, 4) is 0 Å². The number of aromatic nitrogens is 2. The highest BCUT2D eigenvalue weighted by atomic mass is 16.3. The molecule has 18 heavy (non-hydrogen) atoms. The highest BCUT2D eigenvalue weighted by molar-refractivity contribution is 5.06. The van der Waals surface area contributed by atoms with Gasteiger partial charge in [-0.05, 0) is 38.8 Å². The minimum Gasteiger partial charge on any atom is -0.396 e. The molecule has 1 unspecified atom stereocenters. The second kappa shape index (κ2) is 5.85. The third-order valence-corrected chi connectivity index (χ3v) is 4.00. The number of nitrogens with one attached hydrogen (secondary N) is 1. The number of hydrogen-bond donors (Lipinski definition) is 2. The molecule has 1 atom stereocenters. The van der Waals surface area contributed by atoms with Gasteiger partial charge in [-0.2, -0.15) is 5.10 Å². The smallest absolute Gasteiger partial charge is 0.0765 e. The van der Waals surface area contributed by atoms with E-state index < -0.39 is 0 Å². The molecule has 1 fully saturated rings. The van der Waals surface area contributed by atoms with Crippen LogP contribution in [-0.2, 0) is 6.54 Å². The summed E-state index contributed by atoms with van der Waals surface area (Å²) in [5.41, 5.74) is 2.35. The minimum atomic E-state index is 0.123. The molecule has 0 saturated carbocycles. The minimum absolute atomic E-state index is 0.123. The molecule has 4 nitrogen and oxygen atoms in total. The lowest BCUT2D eigenvalue weighted by atomic mass is 9.77. The molecule has 102 valence electrons. The number of H-pyrrole nitrogens is 1. The van der Waals surface area contributed by atoms with E-state index in [-0.39, 0.29) is 5.41 Å². The predicted octanol–water partition coefficient (Wildman–Crippen LogP) is 2.09. The van der Waals surface area contributed by atoms with Crippen LogP contribution >= 0.6 is 0 Å². The maximum Gasteiger partial charge on any atom is 0.0765 e. The molecular weight excluding hydrogens is 226 g/mol. The first-order chi connectivity index (χ1) is 8.67. The van der Waals surface area contributed by atoms with Crippen molar-refractivity contribution in [2.75, 3.05) is 19.7 Å². The first kappa shape index (κ1) is 13.6. The molecular formula is C14H25N3O. The average Bonchev–Trinajstić information content (AvgIpc) is 2.75. The van der Waals surface area contributed by atoms with Gasteiger partial charge in [0.05, 0.1) is 5.69 Å². The fraction of sp³-hybridized carbons (Fsp3) is 0.786. The van der Waals surface area contributed by atoms with Crippen molar-refractivity contribution in [1.29, 1.82) is 0 Å². The van der Waals surface area contributed by atoms with Gasteiger partial charge in [0.2, 0.25) is 0 Å². The molecule has 0 radical (unpaired) electrons. The Balaban J connectivity index is 1.97. The normalized spacial score (nSPS) is 25.5. The number of aromatic amines is 1. The third-order valence-electron chi connectivity index (χ3n) is 4.00. The molecule has 2 N–H and O–H groups in total. The monoisotopic (exact) mass is 251 g/mol. The molecule has 1 saturated heterocycles. The molecule has 0 aromatic carbocycles. The van der Waals surface area contributed by atoms with Crippen LogP contribution in [0, 0.1) is 12.3 Å². The van der Waals surface area contributed by atoms with E-state index in [4.69, 9.17) is 0 Å². The molecule has 0 spiro atoms. The lowest BCUT2D eigenvalue weighted by Crippen LogP contribution is -2.44. The zero-order chi connectivity index (χ0) is 13.0. The van der Waals surface area contributed by atoms with E-state index in [9.17, 15) is 5.11 Å². The van der Waals surface area contributed by atoms with Gasteiger partial charge >= 0.3 is 0 Å². The van der Waals surface area contributed by atoms with Crippen LogP contribution in [-0.4, -0.2) is 39.9 Å². The Hall–Kier alpha value is -0.870. The van der Waals surface area contributed by atoms with Crippen molar-refractivity contribution in [2.24, 2.45) is 5.41 Å². The summed E-state index contributed by atoms with van der Waals surface area (Å²) in [5.74, 6) is 0. The van der Waals surface area contributed by atoms with Crippen molar-refractivity contribution < 1.29 is 5.11 Å². The van der Waals surface area contributed by atoms with Crippen LogP contribution in [0.4, 0.5) is 0 Å². The van der Waals surface area contributed by atoms with Crippen LogP contribution in [0.1, 0.15) is 44.0 Å². The SMILES string of the molecule is CCCC1(CO)CCCN(Cc2cc(C)[nH]n2)C1. The number of aliphatic hydroxyl groups excluding tert-OH is 1. The van der Waals surface area contributed by atoms with Crippen molar-refractivity contribution in [2.45, 2.75) is 46.1 Å². The van der Waals surface area contributed by atoms with E-state index in [2.05, 4.69) is 28.1 Å². The van der Waals surface area contributed by atoms with Crippen LogP contribution in [0.3, 0.4) is 0 Å². The average molecular weight is 251 g/mol. The molecule has 1 aliphatic rings. The standard InChI is InChI=1S/C14H25N3O/c1-3-5-14(11-18)6-4-7-17(10-14)9-13-8-12(2)15-16-13/h8,18H,3-7,9-11H2,1-2H3,(H,15,16). The van der Waals surface area contributed by atoms with E-state index >= 15 is 0 Å². The number of aliphatic hydroxyl groups is 1. The highest BCUT2D eigenvalue weighted by Gasteiger charge is 2.34. The number of piperidine rings is 1. The molecule has 2 heterocycles. The van der Waals surface area contributed by atoms with E-state index in [0.717, 1.165) is 50.3 Å². The quantitative estimate of drug-likeness (QED) is 0.842. The summed E-state index contributed by atoms with van der Waals surface area (Å²) >= 11 is 0. The number of rotatable bonds is 5. The summed E-state index contributed by atoms with van der Waals surface area (Å²) in [7, 11) is 0. The van der Waals surface area contributed by atoms with Gasteiger partial charge in [-0.3, -0.25) is 10.00 Å². The summed E-state index contributed by atoms with van der Waals surface area (Å²) in [4.78, 5) is 2.44. The van der Waals surface area contributed by atoms with E-state index in [1.807, 2.05) is 6.92 Å². The van der Waals surface area contributed by atoms with Crippen LogP contribution in [0.5, 0.6) is 0 Å². The summed E-state index contributed by atoms with van der Waals surface area (Å²) < 4.78 is 0. The largest absolute Gasteiger partial charge is 0.396 e. The second-order valence-corrected chi connectivity index (χ2v) is 5.76.